The highest BCUT2D eigenvalue weighted by molar-refractivity contribution is 5.66. The minimum absolute atomic E-state index is 0.0789. The topological polar surface area (TPSA) is 82.3 Å². The zero-order chi connectivity index (χ0) is 15.1. The molecule has 1 atom stereocenters. The van der Waals surface area contributed by atoms with Crippen LogP contribution >= 0.6 is 0 Å². The number of hydrogen-bond acceptors (Lipinski definition) is 6. The number of ether oxygens (including phenoxy) is 2. The second-order valence-electron chi connectivity index (χ2n) is 4.56. The predicted molar refractivity (Wildman–Crippen MR) is 82.3 cm³/mol. The Morgan fingerprint density at radius 3 is 2.67 bits per heavy atom. The lowest BCUT2D eigenvalue weighted by Crippen LogP contribution is -2.12. The van der Waals surface area contributed by atoms with E-state index in [0.717, 1.165) is 5.56 Å². The molecule has 0 saturated heterocycles. The van der Waals surface area contributed by atoms with Crippen molar-refractivity contribution >= 4 is 11.5 Å². The standard InChI is InChI=1S/C15H20N4O2/c1-11(12-6-4-3-5-7-12)19-14-13(16)15(18-10-17-14)21-9-8-20-2/h3-7,10-11H,8-9,16H2,1-2H3,(H,17,18,19). The molecule has 1 aromatic carbocycles. The summed E-state index contributed by atoms with van der Waals surface area (Å²) in [5.41, 5.74) is 7.59. The van der Waals surface area contributed by atoms with Crippen LogP contribution in [0, 0.1) is 0 Å². The van der Waals surface area contributed by atoms with E-state index in [0.29, 0.717) is 30.6 Å². The van der Waals surface area contributed by atoms with Gasteiger partial charge in [0.2, 0.25) is 5.88 Å². The molecule has 1 aromatic heterocycles. The SMILES string of the molecule is COCCOc1ncnc(NC(C)c2ccccc2)c1N. The maximum absolute atomic E-state index is 6.04. The van der Waals surface area contributed by atoms with Crippen molar-refractivity contribution in [3.63, 3.8) is 0 Å². The van der Waals surface area contributed by atoms with Crippen LogP contribution < -0.4 is 15.8 Å². The maximum atomic E-state index is 6.04. The van der Waals surface area contributed by atoms with Crippen LogP contribution in [0.25, 0.3) is 0 Å². The molecule has 0 spiro atoms. The lowest BCUT2D eigenvalue weighted by Gasteiger charge is -2.17. The lowest BCUT2D eigenvalue weighted by molar-refractivity contribution is 0.144. The number of rotatable bonds is 7. The van der Waals surface area contributed by atoms with Gasteiger partial charge in [-0.1, -0.05) is 30.3 Å². The molecular formula is C15H20N4O2. The molecule has 1 unspecified atom stereocenters. The first-order chi connectivity index (χ1) is 10.2. The molecule has 0 saturated carbocycles. The summed E-state index contributed by atoms with van der Waals surface area (Å²) >= 11 is 0. The molecular weight excluding hydrogens is 268 g/mol. The summed E-state index contributed by atoms with van der Waals surface area (Å²) in [4.78, 5) is 8.21. The van der Waals surface area contributed by atoms with Gasteiger partial charge in [-0.05, 0) is 12.5 Å². The van der Waals surface area contributed by atoms with Gasteiger partial charge in [0.25, 0.3) is 0 Å². The second kappa shape index (κ2) is 7.44. The summed E-state index contributed by atoms with van der Waals surface area (Å²) in [6.07, 6.45) is 1.43. The molecule has 0 amide bonds. The van der Waals surface area contributed by atoms with Crippen LogP contribution in [0.15, 0.2) is 36.7 Å². The Morgan fingerprint density at radius 1 is 1.19 bits per heavy atom. The number of benzene rings is 1. The van der Waals surface area contributed by atoms with Crippen LogP contribution in [0.3, 0.4) is 0 Å². The van der Waals surface area contributed by atoms with Gasteiger partial charge in [0, 0.05) is 7.11 Å². The van der Waals surface area contributed by atoms with E-state index in [1.54, 1.807) is 7.11 Å². The lowest BCUT2D eigenvalue weighted by atomic mass is 10.1. The number of nitrogens with one attached hydrogen (secondary N) is 1. The van der Waals surface area contributed by atoms with Gasteiger partial charge in [0.05, 0.1) is 12.6 Å². The van der Waals surface area contributed by atoms with Gasteiger partial charge in [-0.2, -0.15) is 4.98 Å². The normalized spacial score (nSPS) is 11.9. The molecule has 3 N–H and O–H groups in total. The quantitative estimate of drug-likeness (QED) is 0.760. The highest BCUT2D eigenvalue weighted by Gasteiger charge is 2.12. The van der Waals surface area contributed by atoms with E-state index in [9.17, 15) is 0 Å². The van der Waals surface area contributed by atoms with E-state index in [-0.39, 0.29) is 6.04 Å². The molecule has 6 heteroatoms. The Morgan fingerprint density at radius 2 is 1.95 bits per heavy atom. The van der Waals surface area contributed by atoms with Crippen molar-refractivity contribution in [1.82, 2.24) is 9.97 Å². The first-order valence-corrected chi connectivity index (χ1v) is 6.76. The fourth-order valence-electron chi connectivity index (χ4n) is 1.86. The average Bonchev–Trinajstić information content (AvgIpc) is 2.52. The van der Waals surface area contributed by atoms with Crippen LogP contribution in [-0.4, -0.2) is 30.3 Å². The Labute approximate surface area is 124 Å². The van der Waals surface area contributed by atoms with Crippen molar-refractivity contribution in [2.75, 3.05) is 31.4 Å². The molecule has 0 aliphatic heterocycles. The van der Waals surface area contributed by atoms with Crippen molar-refractivity contribution in [1.29, 1.82) is 0 Å². The van der Waals surface area contributed by atoms with E-state index in [2.05, 4.69) is 15.3 Å². The zero-order valence-corrected chi connectivity index (χ0v) is 12.2. The minimum Gasteiger partial charge on any atom is -0.474 e. The van der Waals surface area contributed by atoms with Crippen LogP contribution in [0.2, 0.25) is 0 Å². The average molecular weight is 288 g/mol. The summed E-state index contributed by atoms with van der Waals surface area (Å²) in [6.45, 7) is 2.92. The number of aromatic nitrogens is 2. The number of nitrogens with zero attached hydrogens (tertiary/aromatic N) is 2. The van der Waals surface area contributed by atoms with Crippen molar-refractivity contribution in [2.24, 2.45) is 0 Å². The van der Waals surface area contributed by atoms with Gasteiger partial charge < -0.3 is 20.5 Å². The molecule has 0 aliphatic carbocycles. The summed E-state index contributed by atoms with van der Waals surface area (Å²) < 4.78 is 10.4. The van der Waals surface area contributed by atoms with Crippen molar-refractivity contribution in [2.45, 2.75) is 13.0 Å². The predicted octanol–water partition coefficient (Wildman–Crippen LogP) is 2.26. The summed E-state index contributed by atoms with van der Waals surface area (Å²) in [5, 5.41) is 3.27. The van der Waals surface area contributed by atoms with Crippen LogP contribution in [0.1, 0.15) is 18.5 Å². The summed E-state index contributed by atoms with van der Waals surface area (Å²) in [5.74, 6) is 0.929. The highest BCUT2D eigenvalue weighted by atomic mass is 16.5. The van der Waals surface area contributed by atoms with Crippen LogP contribution in [0.4, 0.5) is 11.5 Å². The first kappa shape index (κ1) is 15.1. The van der Waals surface area contributed by atoms with E-state index in [1.165, 1.54) is 6.33 Å². The molecule has 0 radical (unpaired) electrons. The third-order valence-corrected chi connectivity index (χ3v) is 3.03. The number of nitrogens with two attached hydrogens (primary N) is 1. The Kier molecular flexibility index (Phi) is 5.34. The summed E-state index contributed by atoms with van der Waals surface area (Å²) in [7, 11) is 1.61. The monoisotopic (exact) mass is 288 g/mol. The van der Waals surface area contributed by atoms with Crippen LogP contribution in [-0.2, 0) is 4.74 Å². The minimum atomic E-state index is 0.0789. The van der Waals surface area contributed by atoms with E-state index in [4.69, 9.17) is 15.2 Å². The van der Waals surface area contributed by atoms with Gasteiger partial charge >= 0.3 is 0 Å². The van der Waals surface area contributed by atoms with Gasteiger partial charge in [0.1, 0.15) is 18.6 Å². The van der Waals surface area contributed by atoms with E-state index in [1.807, 2.05) is 37.3 Å². The third-order valence-electron chi connectivity index (χ3n) is 3.03. The molecule has 112 valence electrons. The summed E-state index contributed by atoms with van der Waals surface area (Å²) in [6, 6.07) is 10.1. The third kappa shape index (κ3) is 4.06. The van der Waals surface area contributed by atoms with Crippen molar-refractivity contribution in [3.05, 3.63) is 42.2 Å². The van der Waals surface area contributed by atoms with Gasteiger partial charge in [-0.25, -0.2) is 4.98 Å². The highest BCUT2D eigenvalue weighted by Crippen LogP contribution is 2.27. The molecule has 0 aliphatic rings. The second-order valence-corrected chi connectivity index (χ2v) is 4.56. The molecule has 2 aromatic rings. The zero-order valence-electron chi connectivity index (χ0n) is 12.2. The van der Waals surface area contributed by atoms with E-state index >= 15 is 0 Å². The van der Waals surface area contributed by atoms with Gasteiger partial charge in [0.15, 0.2) is 5.82 Å². The Bertz CT molecular complexity index is 563. The first-order valence-electron chi connectivity index (χ1n) is 6.76. The number of anilines is 2. The van der Waals surface area contributed by atoms with Gasteiger partial charge in [-0.15, -0.1) is 0 Å². The smallest absolute Gasteiger partial charge is 0.242 e. The molecule has 2 rings (SSSR count). The molecule has 1 heterocycles. The molecule has 21 heavy (non-hydrogen) atoms. The number of nitrogen functional groups attached to an aromatic ring is 1. The number of methoxy groups -OCH3 is 1. The fraction of sp³-hybridized carbons (Fsp3) is 0.333. The molecule has 0 fully saturated rings. The fourth-order valence-corrected chi connectivity index (χ4v) is 1.86. The van der Waals surface area contributed by atoms with Gasteiger partial charge in [-0.3, -0.25) is 0 Å². The Hall–Kier alpha value is -2.34. The number of hydrogen-bond donors (Lipinski definition) is 2. The maximum Gasteiger partial charge on any atom is 0.242 e. The van der Waals surface area contributed by atoms with E-state index < -0.39 is 0 Å². The Balaban J connectivity index is 2.08. The molecule has 6 nitrogen and oxygen atoms in total. The molecule has 0 bridgehead atoms. The van der Waals surface area contributed by atoms with Crippen molar-refractivity contribution < 1.29 is 9.47 Å². The van der Waals surface area contributed by atoms with Crippen LogP contribution in [0.5, 0.6) is 5.88 Å². The largest absolute Gasteiger partial charge is 0.474 e. The van der Waals surface area contributed by atoms with Crippen molar-refractivity contribution in [3.8, 4) is 5.88 Å².